The van der Waals surface area contributed by atoms with Crippen LogP contribution in [0.4, 0.5) is 0 Å². The van der Waals surface area contributed by atoms with Crippen LogP contribution in [0.15, 0.2) is 212 Å². The average Bonchev–Trinajstić information content (AvgIpc) is 3.29. The molecule has 0 saturated heterocycles. The summed E-state index contributed by atoms with van der Waals surface area (Å²) in [5.74, 6) is 0.704. The van der Waals surface area contributed by atoms with E-state index in [9.17, 15) is 0 Å². The first-order valence-corrected chi connectivity index (χ1v) is 18.9. The first kappa shape index (κ1) is 33.1. The summed E-state index contributed by atoms with van der Waals surface area (Å²) in [7, 11) is 0. The molecule has 56 heavy (non-hydrogen) atoms. The molecule has 3 heteroatoms. The van der Waals surface area contributed by atoms with Crippen molar-refractivity contribution in [1.82, 2.24) is 15.0 Å². The molecule has 0 unspecified atom stereocenters. The van der Waals surface area contributed by atoms with Crippen LogP contribution in [0.2, 0.25) is 0 Å². The predicted octanol–water partition coefficient (Wildman–Crippen LogP) is 13.8. The molecule has 0 aliphatic rings. The van der Waals surface area contributed by atoms with Crippen LogP contribution >= 0.6 is 0 Å². The largest absolute Gasteiger partial charge is 0.246 e. The molecule has 0 fully saturated rings. The third-order valence-corrected chi connectivity index (χ3v) is 10.5. The van der Waals surface area contributed by atoms with Crippen molar-refractivity contribution in [2.45, 2.75) is 0 Å². The molecule has 8 aromatic carbocycles. The molecule has 0 spiro atoms. The lowest BCUT2D eigenvalue weighted by molar-refractivity contribution is 1.18. The number of benzene rings is 8. The van der Waals surface area contributed by atoms with E-state index in [0.29, 0.717) is 5.82 Å². The summed E-state index contributed by atoms with van der Waals surface area (Å²) in [4.78, 5) is 15.5. The SMILES string of the molecule is c1ccc(-c2ccc(-c3cccc4c(-c5ccccc5)nc5c(-c6ccc(-c7cc(-c8ccccc8)nc(-c8ccccc8)n7)cc6)cccc5c34)cc2)cc1. The van der Waals surface area contributed by atoms with Gasteiger partial charge in [-0.25, -0.2) is 15.0 Å². The third-order valence-electron chi connectivity index (χ3n) is 10.5. The predicted molar refractivity (Wildman–Crippen MR) is 233 cm³/mol. The van der Waals surface area contributed by atoms with E-state index in [1.807, 2.05) is 36.4 Å². The fourth-order valence-corrected chi connectivity index (χ4v) is 7.73. The van der Waals surface area contributed by atoms with Gasteiger partial charge in [0.25, 0.3) is 0 Å². The Kier molecular flexibility index (Phi) is 8.51. The highest BCUT2D eigenvalue weighted by Crippen LogP contribution is 2.42. The van der Waals surface area contributed by atoms with E-state index in [-0.39, 0.29) is 0 Å². The van der Waals surface area contributed by atoms with E-state index in [2.05, 4.69) is 176 Å². The second-order valence-electron chi connectivity index (χ2n) is 14.0. The van der Waals surface area contributed by atoms with E-state index in [0.717, 1.165) is 66.8 Å². The number of hydrogen-bond donors (Lipinski definition) is 0. The first-order valence-electron chi connectivity index (χ1n) is 18.9. The lowest BCUT2D eigenvalue weighted by Gasteiger charge is -2.16. The zero-order valence-corrected chi connectivity index (χ0v) is 30.5. The Morgan fingerprint density at radius 2 is 0.696 bits per heavy atom. The highest BCUT2D eigenvalue weighted by Gasteiger charge is 2.18. The number of hydrogen-bond acceptors (Lipinski definition) is 3. The van der Waals surface area contributed by atoms with Crippen molar-refractivity contribution in [3.8, 4) is 78.5 Å². The van der Waals surface area contributed by atoms with Crippen LogP contribution in [0.3, 0.4) is 0 Å². The molecule has 2 aromatic heterocycles. The average molecular weight is 714 g/mol. The third kappa shape index (κ3) is 6.21. The standard InChI is InChI=1S/C53H35N3/c1-5-15-36(16-6-1)37-27-29-38(30-28-37)44-23-13-25-46-50(44)47-26-14-24-45(52(47)56-51(46)42-19-9-3-10-20-42)39-31-33-41(34-32-39)49-35-48(40-17-7-2-8-18-40)54-53(55-49)43-21-11-4-12-22-43/h1-35H. The van der Waals surface area contributed by atoms with Gasteiger partial charge in [-0.1, -0.05) is 206 Å². The normalized spacial score (nSPS) is 11.2. The fourth-order valence-electron chi connectivity index (χ4n) is 7.73. The molecular weight excluding hydrogens is 679 g/mol. The van der Waals surface area contributed by atoms with Gasteiger partial charge in [-0.2, -0.15) is 0 Å². The van der Waals surface area contributed by atoms with Crippen LogP contribution in [0.25, 0.3) is 100 Å². The minimum absolute atomic E-state index is 0.704. The van der Waals surface area contributed by atoms with Crippen LogP contribution in [-0.4, -0.2) is 15.0 Å². The summed E-state index contributed by atoms with van der Waals surface area (Å²) in [6, 6.07) is 74.5. The fraction of sp³-hybridized carbons (Fsp3) is 0. The van der Waals surface area contributed by atoms with Crippen LogP contribution in [0.5, 0.6) is 0 Å². The molecule has 0 N–H and O–H groups in total. The minimum atomic E-state index is 0.704. The molecule has 3 nitrogen and oxygen atoms in total. The van der Waals surface area contributed by atoms with Crippen molar-refractivity contribution in [1.29, 1.82) is 0 Å². The van der Waals surface area contributed by atoms with E-state index in [1.54, 1.807) is 0 Å². The van der Waals surface area contributed by atoms with E-state index in [4.69, 9.17) is 15.0 Å². The molecule has 0 aliphatic heterocycles. The molecule has 0 radical (unpaired) electrons. The van der Waals surface area contributed by atoms with E-state index >= 15 is 0 Å². The van der Waals surface area contributed by atoms with Gasteiger partial charge in [0.1, 0.15) is 0 Å². The molecule has 0 aliphatic carbocycles. The molecular formula is C53H35N3. The van der Waals surface area contributed by atoms with Gasteiger partial charge in [-0.3, -0.25) is 0 Å². The van der Waals surface area contributed by atoms with Crippen LogP contribution in [0.1, 0.15) is 0 Å². The Hall–Kier alpha value is -7.49. The number of aromatic nitrogens is 3. The van der Waals surface area contributed by atoms with Gasteiger partial charge in [0.15, 0.2) is 5.82 Å². The Morgan fingerprint density at radius 3 is 1.30 bits per heavy atom. The van der Waals surface area contributed by atoms with Gasteiger partial charge in [-0.05, 0) is 33.9 Å². The summed E-state index contributed by atoms with van der Waals surface area (Å²) in [5, 5.41) is 3.46. The van der Waals surface area contributed by atoms with Crippen molar-refractivity contribution in [2.24, 2.45) is 0 Å². The molecule has 262 valence electrons. The van der Waals surface area contributed by atoms with Crippen molar-refractivity contribution >= 4 is 21.7 Å². The molecule has 10 rings (SSSR count). The smallest absolute Gasteiger partial charge is 0.160 e. The maximum atomic E-state index is 5.49. The quantitative estimate of drug-likeness (QED) is 0.154. The molecule has 0 bridgehead atoms. The zero-order valence-electron chi connectivity index (χ0n) is 30.5. The Bertz CT molecular complexity index is 2900. The Labute approximate surface area is 326 Å². The summed E-state index contributed by atoms with van der Waals surface area (Å²) in [5.41, 5.74) is 14.8. The topological polar surface area (TPSA) is 38.7 Å². The van der Waals surface area contributed by atoms with Gasteiger partial charge in [0, 0.05) is 44.0 Å². The molecule has 10 aromatic rings. The van der Waals surface area contributed by atoms with Crippen LogP contribution < -0.4 is 0 Å². The lowest BCUT2D eigenvalue weighted by atomic mass is 9.90. The number of pyridine rings is 1. The minimum Gasteiger partial charge on any atom is -0.246 e. The van der Waals surface area contributed by atoms with Crippen molar-refractivity contribution in [3.63, 3.8) is 0 Å². The monoisotopic (exact) mass is 713 g/mol. The number of rotatable bonds is 7. The maximum absolute atomic E-state index is 5.49. The first-order chi connectivity index (χ1) is 27.8. The number of para-hydroxylation sites is 1. The van der Waals surface area contributed by atoms with Crippen molar-refractivity contribution in [2.75, 3.05) is 0 Å². The highest BCUT2D eigenvalue weighted by atomic mass is 14.9. The van der Waals surface area contributed by atoms with Crippen molar-refractivity contribution < 1.29 is 0 Å². The van der Waals surface area contributed by atoms with Gasteiger partial charge in [0.05, 0.1) is 22.6 Å². The second kappa shape index (κ2) is 14.4. The van der Waals surface area contributed by atoms with Crippen molar-refractivity contribution in [3.05, 3.63) is 212 Å². The van der Waals surface area contributed by atoms with Gasteiger partial charge < -0.3 is 0 Å². The summed E-state index contributed by atoms with van der Waals surface area (Å²) in [6.45, 7) is 0. The Balaban J connectivity index is 1.12. The molecule has 0 saturated carbocycles. The van der Waals surface area contributed by atoms with E-state index in [1.165, 1.54) is 27.6 Å². The molecule has 2 heterocycles. The zero-order chi connectivity index (χ0) is 37.3. The lowest BCUT2D eigenvalue weighted by Crippen LogP contribution is -1.96. The molecule has 0 amide bonds. The van der Waals surface area contributed by atoms with Crippen LogP contribution in [0, 0.1) is 0 Å². The molecule has 0 atom stereocenters. The van der Waals surface area contributed by atoms with Gasteiger partial charge in [-0.15, -0.1) is 0 Å². The Morgan fingerprint density at radius 1 is 0.268 bits per heavy atom. The van der Waals surface area contributed by atoms with Crippen LogP contribution in [-0.2, 0) is 0 Å². The second-order valence-corrected chi connectivity index (χ2v) is 14.0. The summed E-state index contributed by atoms with van der Waals surface area (Å²) in [6.07, 6.45) is 0. The van der Waals surface area contributed by atoms with Gasteiger partial charge in [0.2, 0.25) is 0 Å². The summed E-state index contributed by atoms with van der Waals surface area (Å²) >= 11 is 0. The maximum Gasteiger partial charge on any atom is 0.160 e. The summed E-state index contributed by atoms with van der Waals surface area (Å²) < 4.78 is 0. The highest BCUT2D eigenvalue weighted by molar-refractivity contribution is 6.19. The number of nitrogens with zero attached hydrogens (tertiary/aromatic N) is 3. The number of fused-ring (bicyclic) bond motifs is 3. The van der Waals surface area contributed by atoms with Gasteiger partial charge >= 0.3 is 0 Å². The van der Waals surface area contributed by atoms with E-state index < -0.39 is 0 Å².